The van der Waals surface area contributed by atoms with Crippen LogP contribution in [0.15, 0.2) is 67.6 Å². The molecule has 0 bridgehead atoms. The Morgan fingerprint density at radius 1 is 1.13 bits per heavy atom. The summed E-state index contributed by atoms with van der Waals surface area (Å²) in [5, 5.41) is 2.90. The molecule has 1 fully saturated rings. The molecule has 4 heterocycles. The van der Waals surface area contributed by atoms with Gasteiger partial charge < -0.3 is 10.2 Å². The van der Waals surface area contributed by atoms with Crippen LogP contribution in [-0.2, 0) is 11.2 Å². The first-order valence-corrected chi connectivity index (χ1v) is 13.1. The van der Waals surface area contributed by atoms with Crippen LogP contribution in [0.4, 0.5) is 5.82 Å². The number of piperidine rings is 1. The lowest BCUT2D eigenvalue weighted by Gasteiger charge is -2.34. The van der Waals surface area contributed by atoms with Gasteiger partial charge in [-0.2, -0.15) is 0 Å². The van der Waals surface area contributed by atoms with E-state index in [9.17, 15) is 9.59 Å². The number of aryl methyl sites for hydroxylation is 2. The van der Waals surface area contributed by atoms with Crippen LogP contribution in [0.1, 0.15) is 66.1 Å². The van der Waals surface area contributed by atoms with Gasteiger partial charge in [-0.3, -0.25) is 19.0 Å². The summed E-state index contributed by atoms with van der Waals surface area (Å²) >= 11 is 0. The monoisotopic (exact) mass is 508 g/mol. The molecular weight excluding hydrogens is 476 g/mol. The lowest BCUT2D eigenvalue weighted by Crippen LogP contribution is -2.38. The third-order valence-electron chi connectivity index (χ3n) is 7.05. The first-order valence-electron chi connectivity index (χ1n) is 13.1. The Kier molecular flexibility index (Phi) is 7.31. The molecule has 194 valence electrons. The molecule has 38 heavy (non-hydrogen) atoms. The van der Waals surface area contributed by atoms with Gasteiger partial charge in [0.05, 0.1) is 22.9 Å². The summed E-state index contributed by atoms with van der Waals surface area (Å²) in [7, 11) is 0. The largest absolute Gasteiger partial charge is 0.329 e. The SMILES string of the molecule is C=CC(=O)N1CCCC[C@H]1c1nc(-c2ccc(C(=O)Nc3cc(CCC)ccn3)cc2)c2c(C)nccn12. The van der Waals surface area contributed by atoms with Crippen molar-refractivity contribution in [2.24, 2.45) is 0 Å². The van der Waals surface area contributed by atoms with Crippen molar-refractivity contribution in [2.45, 2.75) is 52.0 Å². The zero-order chi connectivity index (χ0) is 26.6. The Labute approximate surface area is 222 Å². The topological polar surface area (TPSA) is 92.5 Å². The molecule has 4 aromatic rings. The van der Waals surface area contributed by atoms with E-state index in [0.717, 1.165) is 66.0 Å². The van der Waals surface area contributed by atoms with Crippen molar-refractivity contribution in [1.29, 1.82) is 0 Å². The van der Waals surface area contributed by atoms with E-state index in [0.29, 0.717) is 17.9 Å². The standard InChI is InChI=1S/C30H32N6O2/c1-4-8-21-14-15-32-25(19-21)33-30(38)23-12-10-22(11-13-23)27-28-20(3)31-16-18-36(28)29(34-27)24-9-6-7-17-35(24)26(37)5-2/h5,10-16,18-19,24H,2,4,6-9,17H2,1,3H3,(H,32,33,38)/t24-/m0/s1. The predicted octanol–water partition coefficient (Wildman–Crippen LogP) is 5.54. The van der Waals surface area contributed by atoms with E-state index in [-0.39, 0.29) is 17.9 Å². The lowest BCUT2D eigenvalue weighted by atomic mass is 10.0. The number of fused-ring (bicyclic) bond motifs is 1. The average Bonchev–Trinajstić information content (AvgIpc) is 3.34. The van der Waals surface area contributed by atoms with Gasteiger partial charge in [-0.15, -0.1) is 0 Å². The molecule has 1 saturated heterocycles. The van der Waals surface area contributed by atoms with E-state index in [1.165, 1.54) is 6.08 Å². The van der Waals surface area contributed by atoms with Crippen LogP contribution in [0, 0.1) is 6.92 Å². The maximum Gasteiger partial charge on any atom is 0.256 e. The van der Waals surface area contributed by atoms with Crippen molar-refractivity contribution in [2.75, 3.05) is 11.9 Å². The zero-order valence-electron chi connectivity index (χ0n) is 21.9. The zero-order valence-corrected chi connectivity index (χ0v) is 21.9. The number of nitrogens with zero attached hydrogens (tertiary/aromatic N) is 5. The molecular formula is C30H32N6O2. The Hall–Kier alpha value is -4.33. The summed E-state index contributed by atoms with van der Waals surface area (Å²) in [4.78, 5) is 41.3. The number of hydrogen-bond acceptors (Lipinski definition) is 5. The van der Waals surface area contributed by atoms with Crippen LogP contribution < -0.4 is 5.32 Å². The summed E-state index contributed by atoms with van der Waals surface area (Å²) in [6, 6.07) is 11.1. The molecule has 0 radical (unpaired) electrons. The van der Waals surface area contributed by atoms with Crippen molar-refractivity contribution in [1.82, 2.24) is 24.3 Å². The van der Waals surface area contributed by atoms with Gasteiger partial charge >= 0.3 is 0 Å². The minimum Gasteiger partial charge on any atom is -0.329 e. The fraction of sp³-hybridized carbons (Fsp3) is 0.300. The quantitative estimate of drug-likeness (QED) is 0.331. The molecule has 8 nitrogen and oxygen atoms in total. The Balaban J connectivity index is 1.46. The molecule has 1 aliphatic rings. The molecule has 0 aliphatic carbocycles. The second-order valence-electron chi connectivity index (χ2n) is 9.63. The van der Waals surface area contributed by atoms with Crippen LogP contribution in [-0.4, -0.2) is 42.6 Å². The maximum absolute atomic E-state index is 12.9. The van der Waals surface area contributed by atoms with E-state index >= 15 is 0 Å². The molecule has 5 rings (SSSR count). The van der Waals surface area contributed by atoms with Gasteiger partial charge in [0, 0.05) is 36.3 Å². The van der Waals surface area contributed by atoms with Gasteiger partial charge in [-0.1, -0.05) is 32.1 Å². The first-order chi connectivity index (χ1) is 18.5. The average molecular weight is 509 g/mol. The number of anilines is 1. The van der Waals surface area contributed by atoms with E-state index < -0.39 is 0 Å². The summed E-state index contributed by atoms with van der Waals surface area (Å²) < 4.78 is 2.05. The summed E-state index contributed by atoms with van der Waals surface area (Å²) in [6.45, 7) is 8.45. The number of pyridine rings is 1. The maximum atomic E-state index is 12.9. The highest BCUT2D eigenvalue weighted by molar-refractivity contribution is 6.04. The number of rotatable bonds is 7. The smallest absolute Gasteiger partial charge is 0.256 e. The molecule has 1 aliphatic heterocycles. The first kappa shape index (κ1) is 25.3. The van der Waals surface area contributed by atoms with E-state index in [1.807, 2.05) is 46.7 Å². The Morgan fingerprint density at radius 3 is 2.71 bits per heavy atom. The highest BCUT2D eigenvalue weighted by atomic mass is 16.2. The number of benzene rings is 1. The van der Waals surface area contributed by atoms with Crippen LogP contribution in [0.5, 0.6) is 0 Å². The van der Waals surface area contributed by atoms with Gasteiger partial charge in [0.2, 0.25) is 5.91 Å². The van der Waals surface area contributed by atoms with E-state index in [1.54, 1.807) is 24.5 Å². The molecule has 8 heteroatoms. The Morgan fingerprint density at radius 2 is 1.95 bits per heavy atom. The van der Waals surface area contributed by atoms with Gasteiger partial charge in [-0.25, -0.2) is 9.97 Å². The molecule has 0 spiro atoms. The van der Waals surface area contributed by atoms with Crippen LogP contribution in [0.25, 0.3) is 16.8 Å². The predicted molar refractivity (Wildman–Crippen MR) is 148 cm³/mol. The summed E-state index contributed by atoms with van der Waals surface area (Å²) in [6.07, 6.45) is 11.6. The number of likely N-dealkylation sites (tertiary alicyclic amines) is 1. The number of aromatic nitrogens is 4. The van der Waals surface area contributed by atoms with Gasteiger partial charge in [0.25, 0.3) is 5.91 Å². The highest BCUT2D eigenvalue weighted by Crippen LogP contribution is 2.35. The molecule has 0 unspecified atom stereocenters. The number of carbonyl (C=O) groups excluding carboxylic acids is 2. The summed E-state index contributed by atoms with van der Waals surface area (Å²) in [5.74, 6) is 1.06. The highest BCUT2D eigenvalue weighted by Gasteiger charge is 2.31. The van der Waals surface area contributed by atoms with Crippen LogP contribution in [0.2, 0.25) is 0 Å². The van der Waals surface area contributed by atoms with Crippen molar-refractivity contribution < 1.29 is 9.59 Å². The lowest BCUT2D eigenvalue weighted by molar-refractivity contribution is -0.129. The number of carbonyl (C=O) groups is 2. The third kappa shape index (κ3) is 4.94. The number of hydrogen-bond donors (Lipinski definition) is 1. The van der Waals surface area contributed by atoms with Crippen LogP contribution >= 0.6 is 0 Å². The molecule has 2 amide bonds. The second-order valence-corrected chi connectivity index (χ2v) is 9.63. The van der Waals surface area contributed by atoms with E-state index in [4.69, 9.17) is 4.98 Å². The fourth-order valence-corrected chi connectivity index (χ4v) is 5.19. The molecule has 1 aromatic carbocycles. The van der Waals surface area contributed by atoms with Crippen LogP contribution in [0.3, 0.4) is 0 Å². The summed E-state index contributed by atoms with van der Waals surface area (Å²) in [5.41, 5.74) is 5.08. The van der Waals surface area contributed by atoms with E-state index in [2.05, 4.69) is 28.8 Å². The number of nitrogens with one attached hydrogen (secondary N) is 1. The minimum atomic E-state index is -0.216. The third-order valence-corrected chi connectivity index (χ3v) is 7.05. The molecule has 0 saturated carbocycles. The van der Waals surface area contributed by atoms with Crippen molar-refractivity contribution >= 4 is 23.1 Å². The van der Waals surface area contributed by atoms with Crippen molar-refractivity contribution in [3.05, 3.63) is 90.3 Å². The number of imidazole rings is 1. The molecule has 3 aromatic heterocycles. The Bertz CT molecular complexity index is 1490. The fourth-order valence-electron chi connectivity index (χ4n) is 5.19. The second kappa shape index (κ2) is 11.0. The van der Waals surface area contributed by atoms with Gasteiger partial charge in [-0.05, 0) is 68.5 Å². The van der Waals surface area contributed by atoms with Crippen molar-refractivity contribution in [3.63, 3.8) is 0 Å². The minimum absolute atomic E-state index is 0.0798. The molecule has 1 atom stereocenters. The normalized spacial score (nSPS) is 15.4. The van der Waals surface area contributed by atoms with Crippen molar-refractivity contribution in [3.8, 4) is 11.3 Å². The van der Waals surface area contributed by atoms with Gasteiger partial charge in [0.1, 0.15) is 11.6 Å². The molecule has 1 N–H and O–H groups in total. The van der Waals surface area contributed by atoms with Gasteiger partial charge in [0.15, 0.2) is 0 Å². The number of amides is 2.